The quantitative estimate of drug-likeness (QED) is 0.0697. The molecular weight excluding hydrogens is 694 g/mol. The minimum atomic E-state index is -1.18. The van der Waals surface area contributed by atoms with Gasteiger partial charge in [0, 0.05) is 39.1 Å². The Morgan fingerprint density at radius 1 is 0.560 bits per heavy atom. The van der Waals surface area contributed by atoms with Crippen LogP contribution >= 0.6 is 0 Å². The van der Waals surface area contributed by atoms with Crippen LogP contribution in [0.15, 0.2) is 97.1 Å². The molecule has 7 aromatic carbocycles. The van der Waals surface area contributed by atoms with Gasteiger partial charge in [-0.3, -0.25) is 24.0 Å². The molecule has 0 aliphatic carbocycles. The predicted molar refractivity (Wildman–Crippen MR) is 177 cm³/mol. The number of hydrogen-bond acceptors (Lipinski definition) is 8. The van der Waals surface area contributed by atoms with Gasteiger partial charge in [-0.15, -0.1) is 0 Å². The standard InChI is InChI=1S/C38H18N2O8.O.Zn/c41-17-48-21-6-2-5-20(16-21)40-36(44)28-13-9-24-22-7-11-26-32-27(35(43)39(34(26)42)19-4-1-3-18(15-19)38(46)47)12-8-23(30(22)32)25-10-14-29(37(40)45)33(28)31(24)25;;/h1-17H,(H,46,47);;. The van der Waals surface area contributed by atoms with Crippen LogP contribution in [0.3, 0.4) is 0 Å². The van der Waals surface area contributed by atoms with Crippen molar-refractivity contribution in [3.05, 3.63) is 125 Å². The summed E-state index contributed by atoms with van der Waals surface area (Å²) in [6.07, 6.45) is 0. The van der Waals surface area contributed by atoms with Crippen molar-refractivity contribution < 1.29 is 60.4 Å². The second-order valence-electron chi connectivity index (χ2n) is 11.6. The number of hydrogen-bond donors (Lipinski definition) is 1. The van der Waals surface area contributed by atoms with E-state index in [0.29, 0.717) is 43.8 Å². The van der Waals surface area contributed by atoms with Gasteiger partial charge >= 0.3 is 27.8 Å². The van der Waals surface area contributed by atoms with Crippen LogP contribution in [-0.2, 0) is 26.6 Å². The number of fused-ring (bicyclic) bond motifs is 2. The zero-order valence-corrected chi connectivity index (χ0v) is 28.6. The first-order valence-corrected chi connectivity index (χ1v) is 16.3. The van der Waals surface area contributed by atoms with Gasteiger partial charge in [-0.2, -0.15) is 0 Å². The van der Waals surface area contributed by atoms with Gasteiger partial charge in [0.25, 0.3) is 30.1 Å². The summed E-state index contributed by atoms with van der Waals surface area (Å²) in [5.41, 5.74) is 1.59. The van der Waals surface area contributed by atoms with Crippen molar-refractivity contribution in [2.24, 2.45) is 0 Å². The summed E-state index contributed by atoms with van der Waals surface area (Å²) < 4.78 is 13.3. The number of carboxylic acid groups (broad SMARTS) is 1. The van der Waals surface area contributed by atoms with E-state index in [-0.39, 0.29) is 47.4 Å². The van der Waals surface area contributed by atoms with Gasteiger partial charge in [0.15, 0.2) is 0 Å². The van der Waals surface area contributed by atoms with E-state index in [4.69, 9.17) is 8.31 Å². The van der Waals surface area contributed by atoms with E-state index in [2.05, 4.69) is 0 Å². The van der Waals surface area contributed by atoms with E-state index < -0.39 is 29.6 Å². The number of imide groups is 2. The molecule has 0 saturated carbocycles. The maximum atomic E-state index is 13.9. The second-order valence-corrected chi connectivity index (χ2v) is 11.6. The molecule has 0 fully saturated rings. The summed E-state index contributed by atoms with van der Waals surface area (Å²) in [6, 6.07) is 25.7. The Hall–Kier alpha value is -6.52. The van der Waals surface area contributed by atoms with E-state index in [1.54, 1.807) is 54.6 Å². The molecule has 2 aliphatic heterocycles. The van der Waals surface area contributed by atoms with Gasteiger partial charge in [-0.05, 0) is 86.9 Å². The molecule has 2 aliphatic rings. The first-order valence-electron chi connectivity index (χ1n) is 15.1. The van der Waals surface area contributed by atoms with Gasteiger partial charge in [0.1, 0.15) is 5.75 Å². The van der Waals surface area contributed by atoms with Crippen molar-refractivity contribution in [3.8, 4) is 5.75 Å². The third-order valence-electron chi connectivity index (χ3n) is 9.25. The normalized spacial score (nSPS) is 13.7. The Bertz CT molecular complexity index is 2600. The van der Waals surface area contributed by atoms with E-state index in [1.807, 2.05) is 12.1 Å². The molecule has 50 heavy (non-hydrogen) atoms. The summed E-state index contributed by atoms with van der Waals surface area (Å²) in [4.78, 5) is 80.3. The Morgan fingerprint density at radius 2 is 0.960 bits per heavy atom. The molecule has 236 valence electrons. The molecule has 1 N–H and O–H groups in total. The third-order valence-corrected chi connectivity index (χ3v) is 9.25. The molecule has 7 aromatic rings. The molecule has 2 heterocycles. The number of amides is 4. The number of nitrogens with zero attached hydrogens (tertiary/aromatic N) is 2. The topological polar surface area (TPSA) is 155 Å². The summed E-state index contributed by atoms with van der Waals surface area (Å²) in [7, 11) is 0. The minimum absolute atomic E-state index is 0.0544. The van der Waals surface area contributed by atoms with Crippen LogP contribution in [0.5, 0.6) is 5.75 Å². The van der Waals surface area contributed by atoms with Gasteiger partial charge in [0.2, 0.25) is 0 Å². The van der Waals surface area contributed by atoms with E-state index in [1.165, 1.54) is 30.3 Å². The Labute approximate surface area is 290 Å². The van der Waals surface area contributed by atoms with E-state index in [9.17, 15) is 33.9 Å². The molecule has 11 nitrogen and oxygen atoms in total. The first-order chi connectivity index (χ1) is 24.3. The number of carbonyl (C=O) groups excluding carboxylic acids is 5. The molecule has 0 spiro atoms. The number of benzene rings is 7. The number of rotatable bonds is 5. The number of aromatic carboxylic acids is 1. The average Bonchev–Trinajstić information content (AvgIpc) is 3.13. The monoisotopic (exact) mass is 710 g/mol. The molecule has 9 rings (SSSR count). The molecular formula is C38H18N2O9Zn. The van der Waals surface area contributed by atoms with Crippen molar-refractivity contribution in [2.75, 3.05) is 9.80 Å². The first kappa shape index (κ1) is 30.8. The van der Waals surface area contributed by atoms with Crippen LogP contribution in [0.25, 0.3) is 43.1 Å². The van der Waals surface area contributed by atoms with E-state index in [0.717, 1.165) is 31.3 Å². The SMILES string of the molecule is O=COc1cccc(N2C(=O)c3ccc4c5ccc6c7c(ccc(c8ccc(c3c48)C2=O)c75)C(=O)N(c2cccc(C(=O)O)c2)C6=O)c1.[O]=[Zn]. The van der Waals surface area contributed by atoms with Gasteiger partial charge < -0.3 is 9.84 Å². The Morgan fingerprint density at radius 3 is 1.36 bits per heavy atom. The zero-order chi connectivity index (χ0) is 35.0. The molecule has 0 aromatic heterocycles. The van der Waals surface area contributed by atoms with Crippen LogP contribution in [0.1, 0.15) is 51.8 Å². The van der Waals surface area contributed by atoms with Crippen molar-refractivity contribution in [2.45, 2.75) is 0 Å². The second kappa shape index (κ2) is 11.3. The summed E-state index contributed by atoms with van der Waals surface area (Å²) in [6.45, 7) is 0.269. The van der Waals surface area contributed by atoms with Gasteiger partial charge in [-0.1, -0.05) is 36.4 Å². The summed E-state index contributed by atoms with van der Waals surface area (Å²) >= 11 is 0.125. The van der Waals surface area contributed by atoms with Gasteiger partial charge in [0.05, 0.1) is 16.9 Å². The predicted octanol–water partition coefficient (Wildman–Crippen LogP) is 6.45. The molecule has 0 atom stereocenters. The fraction of sp³-hybridized carbons (Fsp3) is 0. The van der Waals surface area contributed by atoms with Crippen molar-refractivity contribution in [1.29, 1.82) is 0 Å². The van der Waals surface area contributed by atoms with Gasteiger partial charge in [-0.25, -0.2) is 14.6 Å². The molecule has 0 unspecified atom stereocenters. The molecule has 0 saturated heterocycles. The van der Waals surface area contributed by atoms with Crippen LogP contribution in [-0.4, -0.2) is 41.2 Å². The fourth-order valence-electron chi connectivity index (χ4n) is 7.27. The molecule has 12 heteroatoms. The van der Waals surface area contributed by atoms with Crippen molar-refractivity contribution >= 4 is 90.5 Å². The number of carboxylic acids is 1. The maximum absolute atomic E-state index is 13.9. The fourth-order valence-corrected chi connectivity index (χ4v) is 7.27. The molecule has 4 amide bonds. The van der Waals surface area contributed by atoms with Crippen LogP contribution < -0.4 is 14.5 Å². The van der Waals surface area contributed by atoms with Crippen molar-refractivity contribution in [1.82, 2.24) is 0 Å². The number of carbonyl (C=O) groups is 6. The van der Waals surface area contributed by atoms with E-state index >= 15 is 0 Å². The zero-order valence-electron chi connectivity index (χ0n) is 25.6. The van der Waals surface area contributed by atoms with Crippen LogP contribution in [0.2, 0.25) is 0 Å². The number of ether oxygens (including phenoxy) is 1. The molecule has 0 bridgehead atoms. The summed E-state index contributed by atoms with van der Waals surface area (Å²) in [5, 5.41) is 14.9. The third kappa shape index (κ3) is 4.12. The van der Waals surface area contributed by atoms with Crippen LogP contribution in [0, 0.1) is 0 Å². The van der Waals surface area contributed by atoms with Crippen molar-refractivity contribution in [3.63, 3.8) is 0 Å². The Kier molecular flexibility index (Phi) is 6.95. The Balaban J connectivity index is 0.00000177. The molecule has 0 radical (unpaired) electrons. The van der Waals surface area contributed by atoms with Crippen LogP contribution in [0.4, 0.5) is 11.4 Å². The average molecular weight is 712 g/mol. The number of anilines is 2. The summed E-state index contributed by atoms with van der Waals surface area (Å²) in [5.74, 6) is -3.20.